The third kappa shape index (κ3) is 3.27. The summed E-state index contributed by atoms with van der Waals surface area (Å²) >= 11 is 10.1. The fraction of sp³-hybridized carbons (Fsp3) is 0.182. The summed E-state index contributed by atoms with van der Waals surface area (Å²) in [6.07, 6.45) is 0. The summed E-state index contributed by atoms with van der Waals surface area (Å²) < 4.78 is 0.815. The molecule has 1 N–H and O–H groups in total. The molecule has 1 amide bonds. The van der Waals surface area contributed by atoms with Crippen molar-refractivity contribution in [1.82, 2.24) is 9.97 Å². The minimum Gasteiger partial charge on any atom is -0.503 e. The number of Topliss-reactive ketones (excluding diaryl/α,β-unsaturated/α-hetero) is 1. The Bertz CT molecular complexity index is 1450. The molecule has 5 rings (SSSR count). The van der Waals surface area contributed by atoms with E-state index >= 15 is 0 Å². The lowest BCUT2D eigenvalue weighted by Crippen LogP contribution is -2.30. The number of nitrogens with zero attached hydrogens (tertiary/aromatic N) is 3. The molecule has 4 heterocycles. The second-order valence-corrected chi connectivity index (χ2v) is 11.0. The maximum atomic E-state index is 13.6. The first kappa shape index (κ1) is 21.3. The molecule has 0 saturated heterocycles. The van der Waals surface area contributed by atoms with Crippen LogP contribution in [-0.4, -0.2) is 26.8 Å². The minimum absolute atomic E-state index is 0.0598. The molecule has 10 heteroatoms. The quantitative estimate of drug-likeness (QED) is 0.338. The molecule has 1 unspecified atom stereocenters. The first-order chi connectivity index (χ1) is 15.3. The van der Waals surface area contributed by atoms with Crippen LogP contribution >= 0.6 is 45.6 Å². The lowest BCUT2D eigenvalue weighted by atomic mass is 9.99. The number of thiophene rings is 1. The number of ketones is 1. The first-order valence-electron chi connectivity index (χ1n) is 9.61. The number of hydrogen-bond acceptors (Lipinski definition) is 8. The van der Waals surface area contributed by atoms with E-state index in [9.17, 15) is 14.7 Å². The van der Waals surface area contributed by atoms with Gasteiger partial charge < -0.3 is 5.11 Å². The van der Waals surface area contributed by atoms with Crippen LogP contribution in [0.5, 0.6) is 0 Å². The monoisotopic (exact) mass is 501 g/mol. The van der Waals surface area contributed by atoms with Crippen molar-refractivity contribution in [3.63, 3.8) is 0 Å². The number of fused-ring (bicyclic) bond motifs is 1. The van der Waals surface area contributed by atoms with Gasteiger partial charge in [-0.05, 0) is 56.0 Å². The van der Waals surface area contributed by atoms with Crippen molar-refractivity contribution in [3.8, 4) is 0 Å². The van der Waals surface area contributed by atoms with Gasteiger partial charge in [0, 0.05) is 9.90 Å². The first-order valence-corrected chi connectivity index (χ1v) is 12.5. The molecule has 4 aromatic rings. The number of rotatable bonds is 4. The van der Waals surface area contributed by atoms with E-state index in [4.69, 9.17) is 11.6 Å². The Morgan fingerprint density at radius 3 is 2.59 bits per heavy atom. The van der Waals surface area contributed by atoms with Crippen LogP contribution in [0.1, 0.15) is 36.9 Å². The zero-order valence-electron chi connectivity index (χ0n) is 17.2. The van der Waals surface area contributed by atoms with Crippen molar-refractivity contribution in [2.45, 2.75) is 26.8 Å². The van der Waals surface area contributed by atoms with Gasteiger partial charge in [-0.15, -0.1) is 22.7 Å². The number of thiazole rings is 2. The Hall–Kier alpha value is -2.59. The normalized spacial score (nSPS) is 16.6. The number of aliphatic hydroxyl groups is 1. The number of aryl methyl sites for hydroxylation is 3. The number of carbonyl (C=O) groups is 2. The van der Waals surface area contributed by atoms with Crippen LogP contribution < -0.4 is 4.90 Å². The lowest BCUT2D eigenvalue weighted by Gasteiger charge is -2.23. The summed E-state index contributed by atoms with van der Waals surface area (Å²) in [7, 11) is 0. The highest BCUT2D eigenvalue weighted by molar-refractivity contribution is 7.22. The lowest BCUT2D eigenvalue weighted by molar-refractivity contribution is -0.117. The molecule has 0 bridgehead atoms. The average Bonchev–Trinajstić information content (AvgIpc) is 3.48. The maximum Gasteiger partial charge on any atom is 0.296 e. The van der Waals surface area contributed by atoms with E-state index in [0.29, 0.717) is 26.2 Å². The molecule has 162 valence electrons. The van der Waals surface area contributed by atoms with E-state index in [0.717, 1.165) is 20.1 Å². The molecular formula is C22H16ClN3O3S3. The highest BCUT2D eigenvalue weighted by Gasteiger charge is 2.47. The van der Waals surface area contributed by atoms with E-state index in [1.165, 1.54) is 38.9 Å². The smallest absolute Gasteiger partial charge is 0.296 e. The number of amides is 1. The van der Waals surface area contributed by atoms with Gasteiger partial charge in [0.05, 0.1) is 31.4 Å². The molecule has 1 aliphatic rings. The van der Waals surface area contributed by atoms with Gasteiger partial charge in [-0.1, -0.05) is 22.9 Å². The molecule has 3 aromatic heterocycles. The van der Waals surface area contributed by atoms with Crippen molar-refractivity contribution in [2.24, 2.45) is 0 Å². The highest BCUT2D eigenvalue weighted by Crippen LogP contribution is 2.47. The van der Waals surface area contributed by atoms with Gasteiger partial charge in [-0.25, -0.2) is 9.97 Å². The molecular weight excluding hydrogens is 486 g/mol. The van der Waals surface area contributed by atoms with Gasteiger partial charge in [-0.3, -0.25) is 14.5 Å². The van der Waals surface area contributed by atoms with Crippen molar-refractivity contribution >= 4 is 72.6 Å². The third-order valence-electron chi connectivity index (χ3n) is 5.26. The zero-order valence-corrected chi connectivity index (χ0v) is 20.4. The standard InChI is InChI=1S/C22H16ClN3O3S3/c1-9-6-7-30-19(9)16-15(17(27)20-10(2)24-11(3)31-20)18(28)21(29)26(16)22-25-13-5-4-12(23)8-14(13)32-22/h4-8,16,28H,1-3H3. The van der Waals surface area contributed by atoms with Gasteiger partial charge >= 0.3 is 0 Å². The van der Waals surface area contributed by atoms with Gasteiger partial charge in [0.15, 0.2) is 10.9 Å². The third-order valence-corrected chi connectivity index (χ3v) is 8.65. The van der Waals surface area contributed by atoms with E-state index < -0.39 is 17.7 Å². The summed E-state index contributed by atoms with van der Waals surface area (Å²) in [6.45, 7) is 5.50. The molecule has 32 heavy (non-hydrogen) atoms. The van der Waals surface area contributed by atoms with Gasteiger partial charge in [0.2, 0.25) is 5.78 Å². The molecule has 1 atom stereocenters. The minimum atomic E-state index is -0.771. The van der Waals surface area contributed by atoms with Crippen LogP contribution in [0, 0.1) is 20.8 Å². The highest BCUT2D eigenvalue weighted by atomic mass is 35.5. The van der Waals surface area contributed by atoms with E-state index in [1.807, 2.05) is 25.3 Å². The molecule has 0 saturated carbocycles. The molecule has 1 aliphatic heterocycles. The Morgan fingerprint density at radius 1 is 1.16 bits per heavy atom. The number of halogens is 1. The number of aromatic nitrogens is 2. The van der Waals surface area contributed by atoms with Crippen molar-refractivity contribution in [3.05, 3.63) is 72.0 Å². The second kappa shape index (κ2) is 7.77. The molecule has 0 aliphatic carbocycles. The van der Waals surface area contributed by atoms with Crippen LogP contribution in [0.15, 0.2) is 41.0 Å². The topological polar surface area (TPSA) is 83.4 Å². The largest absolute Gasteiger partial charge is 0.503 e. The van der Waals surface area contributed by atoms with Crippen molar-refractivity contribution < 1.29 is 14.7 Å². The van der Waals surface area contributed by atoms with E-state index in [2.05, 4.69) is 9.97 Å². The van der Waals surface area contributed by atoms with Crippen molar-refractivity contribution in [1.29, 1.82) is 0 Å². The number of anilines is 1. The van der Waals surface area contributed by atoms with E-state index in [1.54, 1.807) is 25.1 Å². The van der Waals surface area contributed by atoms with Gasteiger partial charge in [0.1, 0.15) is 6.04 Å². The summed E-state index contributed by atoms with van der Waals surface area (Å²) in [5.41, 5.74) is 2.26. The van der Waals surface area contributed by atoms with Crippen LogP contribution in [0.4, 0.5) is 5.13 Å². The molecule has 1 aromatic carbocycles. The van der Waals surface area contributed by atoms with Crippen LogP contribution in [-0.2, 0) is 4.79 Å². The number of carbonyl (C=O) groups excluding carboxylic acids is 2. The Kier molecular flexibility index (Phi) is 5.16. The molecule has 0 fully saturated rings. The Morgan fingerprint density at radius 2 is 1.94 bits per heavy atom. The fourth-order valence-corrected chi connectivity index (χ4v) is 6.97. The Balaban J connectivity index is 1.69. The fourth-order valence-electron chi connectivity index (χ4n) is 3.80. The summed E-state index contributed by atoms with van der Waals surface area (Å²) in [6, 6.07) is 6.46. The van der Waals surface area contributed by atoms with Crippen LogP contribution in [0.25, 0.3) is 10.2 Å². The maximum absolute atomic E-state index is 13.6. The summed E-state index contributed by atoms with van der Waals surface area (Å²) in [5, 5.41) is 14.5. The molecule has 6 nitrogen and oxygen atoms in total. The van der Waals surface area contributed by atoms with Gasteiger partial charge in [0.25, 0.3) is 5.91 Å². The SMILES string of the molecule is Cc1nc(C)c(C(=O)C2=C(O)C(=O)N(c3nc4ccc(Cl)cc4s3)C2c2sccc2C)s1. The predicted molar refractivity (Wildman–Crippen MR) is 129 cm³/mol. The van der Waals surface area contributed by atoms with Crippen molar-refractivity contribution in [2.75, 3.05) is 4.90 Å². The molecule has 0 radical (unpaired) electrons. The number of aliphatic hydroxyl groups excluding tert-OH is 1. The second-order valence-electron chi connectivity index (χ2n) is 7.39. The van der Waals surface area contributed by atoms with E-state index in [-0.39, 0.29) is 11.4 Å². The van der Waals surface area contributed by atoms with Crippen LogP contribution in [0.2, 0.25) is 5.02 Å². The molecule has 0 spiro atoms. The Labute approximate surface area is 200 Å². The predicted octanol–water partition coefficient (Wildman–Crippen LogP) is 6.18. The van der Waals surface area contributed by atoms with Crippen LogP contribution in [0.3, 0.4) is 0 Å². The summed E-state index contributed by atoms with van der Waals surface area (Å²) in [4.78, 5) is 38.5. The summed E-state index contributed by atoms with van der Waals surface area (Å²) in [5.74, 6) is -1.57. The number of benzene rings is 1. The van der Waals surface area contributed by atoms with Gasteiger partial charge in [-0.2, -0.15) is 0 Å². The number of hydrogen-bond donors (Lipinski definition) is 1. The average molecular weight is 502 g/mol. The zero-order chi connectivity index (χ0) is 22.7.